The molecule has 5 nitrogen and oxygen atoms in total. The standard InChI is InChI=1S/C16H29N3O2/c1-3-13(9-12-17)7-8-14-18-15(19-21-14)16(20-2)10-5-4-6-11-16/h13H,3-12,17H2,1-2H3. The lowest BCUT2D eigenvalue weighted by Gasteiger charge is -2.32. The van der Waals surface area contributed by atoms with Gasteiger partial charge in [0.1, 0.15) is 5.60 Å². The summed E-state index contributed by atoms with van der Waals surface area (Å²) in [6.45, 7) is 2.96. The molecule has 1 aromatic heterocycles. The van der Waals surface area contributed by atoms with Gasteiger partial charge in [0.05, 0.1) is 0 Å². The summed E-state index contributed by atoms with van der Waals surface area (Å²) in [6.07, 6.45) is 9.73. The number of aryl methyl sites for hydroxylation is 1. The van der Waals surface area contributed by atoms with E-state index in [-0.39, 0.29) is 5.60 Å². The van der Waals surface area contributed by atoms with Gasteiger partial charge in [-0.2, -0.15) is 4.98 Å². The summed E-state index contributed by atoms with van der Waals surface area (Å²) in [7, 11) is 1.76. The summed E-state index contributed by atoms with van der Waals surface area (Å²) >= 11 is 0. The maximum atomic E-state index is 5.76. The molecule has 0 saturated heterocycles. The number of aromatic nitrogens is 2. The van der Waals surface area contributed by atoms with E-state index in [1.165, 1.54) is 19.3 Å². The zero-order valence-corrected chi connectivity index (χ0v) is 13.4. The minimum atomic E-state index is -0.318. The monoisotopic (exact) mass is 295 g/mol. The van der Waals surface area contributed by atoms with Gasteiger partial charge in [0.15, 0.2) is 0 Å². The fourth-order valence-corrected chi connectivity index (χ4v) is 3.30. The number of methoxy groups -OCH3 is 1. The molecule has 0 aromatic carbocycles. The zero-order valence-electron chi connectivity index (χ0n) is 13.4. The lowest BCUT2D eigenvalue weighted by Crippen LogP contribution is -2.32. The van der Waals surface area contributed by atoms with Crippen molar-refractivity contribution in [3.63, 3.8) is 0 Å². The number of nitrogens with zero attached hydrogens (tertiary/aromatic N) is 2. The van der Waals surface area contributed by atoms with Crippen LogP contribution in [-0.2, 0) is 16.8 Å². The lowest BCUT2D eigenvalue weighted by molar-refractivity contribution is -0.0527. The average Bonchev–Trinajstić information content (AvgIpc) is 3.01. The quantitative estimate of drug-likeness (QED) is 0.797. The Labute approximate surface area is 127 Å². The van der Waals surface area contributed by atoms with Crippen molar-refractivity contribution in [2.75, 3.05) is 13.7 Å². The predicted molar refractivity (Wildman–Crippen MR) is 81.8 cm³/mol. The number of hydrogen-bond donors (Lipinski definition) is 1. The SMILES string of the molecule is CCC(CCN)CCc1nc(C2(OC)CCCCC2)no1. The van der Waals surface area contributed by atoms with Gasteiger partial charge in [0.25, 0.3) is 0 Å². The van der Waals surface area contributed by atoms with E-state index in [1.54, 1.807) is 7.11 Å². The number of hydrogen-bond acceptors (Lipinski definition) is 5. The number of ether oxygens (including phenoxy) is 1. The highest BCUT2D eigenvalue weighted by atomic mass is 16.5. The highest BCUT2D eigenvalue weighted by Crippen LogP contribution is 2.38. The van der Waals surface area contributed by atoms with Crippen LogP contribution in [0.5, 0.6) is 0 Å². The molecule has 2 rings (SSSR count). The van der Waals surface area contributed by atoms with Gasteiger partial charge in [-0.05, 0) is 38.1 Å². The summed E-state index contributed by atoms with van der Waals surface area (Å²) in [4.78, 5) is 4.61. The number of nitrogens with two attached hydrogens (primary N) is 1. The summed E-state index contributed by atoms with van der Waals surface area (Å²) in [5, 5.41) is 4.20. The molecule has 21 heavy (non-hydrogen) atoms. The van der Waals surface area contributed by atoms with Crippen molar-refractivity contribution in [3.8, 4) is 0 Å². The Kier molecular flexibility index (Phi) is 6.18. The first-order valence-electron chi connectivity index (χ1n) is 8.32. The summed E-state index contributed by atoms with van der Waals surface area (Å²) in [6, 6.07) is 0. The molecule has 1 aliphatic carbocycles. The summed E-state index contributed by atoms with van der Waals surface area (Å²) in [5.74, 6) is 2.13. The predicted octanol–water partition coefficient (Wildman–Crippen LogP) is 3.18. The van der Waals surface area contributed by atoms with Crippen LogP contribution < -0.4 is 5.73 Å². The van der Waals surface area contributed by atoms with Crippen molar-refractivity contribution >= 4 is 0 Å². The van der Waals surface area contributed by atoms with Gasteiger partial charge in [-0.15, -0.1) is 0 Å². The third-order valence-electron chi connectivity index (χ3n) is 4.85. The largest absolute Gasteiger partial charge is 0.370 e. The second-order valence-corrected chi connectivity index (χ2v) is 6.16. The molecule has 1 aromatic rings. The summed E-state index contributed by atoms with van der Waals surface area (Å²) < 4.78 is 11.2. The van der Waals surface area contributed by atoms with Crippen LogP contribution >= 0.6 is 0 Å². The molecule has 0 amide bonds. The first-order valence-corrected chi connectivity index (χ1v) is 8.32. The maximum Gasteiger partial charge on any atom is 0.226 e. The van der Waals surface area contributed by atoms with Crippen LogP contribution in [0, 0.1) is 5.92 Å². The van der Waals surface area contributed by atoms with Crippen LogP contribution in [0.1, 0.15) is 70.0 Å². The maximum absolute atomic E-state index is 5.76. The Bertz CT molecular complexity index is 413. The second-order valence-electron chi connectivity index (χ2n) is 6.16. The average molecular weight is 295 g/mol. The van der Waals surface area contributed by atoms with Crippen LogP contribution in [0.3, 0.4) is 0 Å². The fraction of sp³-hybridized carbons (Fsp3) is 0.875. The van der Waals surface area contributed by atoms with E-state index in [9.17, 15) is 0 Å². The molecule has 1 fully saturated rings. The molecular weight excluding hydrogens is 266 g/mol. The van der Waals surface area contributed by atoms with Crippen LogP contribution in [0.15, 0.2) is 4.52 Å². The normalized spacial score (nSPS) is 19.6. The molecular formula is C16H29N3O2. The van der Waals surface area contributed by atoms with E-state index >= 15 is 0 Å². The Hall–Kier alpha value is -0.940. The topological polar surface area (TPSA) is 74.2 Å². The molecule has 1 unspecified atom stereocenters. The van der Waals surface area contributed by atoms with Gasteiger partial charge in [-0.25, -0.2) is 0 Å². The smallest absolute Gasteiger partial charge is 0.226 e. The molecule has 2 N–H and O–H groups in total. The third-order valence-corrected chi connectivity index (χ3v) is 4.85. The van der Waals surface area contributed by atoms with Crippen LogP contribution in [-0.4, -0.2) is 23.8 Å². The number of rotatable bonds is 8. The van der Waals surface area contributed by atoms with Crippen molar-refractivity contribution in [1.82, 2.24) is 10.1 Å². The van der Waals surface area contributed by atoms with E-state index in [1.807, 2.05) is 0 Å². The molecule has 1 atom stereocenters. The van der Waals surface area contributed by atoms with E-state index in [4.69, 9.17) is 15.0 Å². The second kappa shape index (κ2) is 7.90. The Morgan fingerprint density at radius 1 is 1.29 bits per heavy atom. The van der Waals surface area contributed by atoms with Crippen molar-refractivity contribution in [2.45, 2.75) is 70.3 Å². The van der Waals surface area contributed by atoms with Crippen LogP contribution in [0.4, 0.5) is 0 Å². The van der Waals surface area contributed by atoms with Gasteiger partial charge in [-0.3, -0.25) is 0 Å². The van der Waals surface area contributed by atoms with Crippen molar-refractivity contribution in [2.24, 2.45) is 11.7 Å². The van der Waals surface area contributed by atoms with Gasteiger partial charge < -0.3 is 15.0 Å². The molecule has 0 bridgehead atoms. The summed E-state index contributed by atoms with van der Waals surface area (Å²) in [5.41, 5.74) is 5.32. The third kappa shape index (κ3) is 4.04. The highest BCUT2D eigenvalue weighted by Gasteiger charge is 2.38. The molecule has 1 saturated carbocycles. The van der Waals surface area contributed by atoms with Gasteiger partial charge in [-0.1, -0.05) is 37.8 Å². The van der Waals surface area contributed by atoms with E-state index in [0.29, 0.717) is 5.92 Å². The van der Waals surface area contributed by atoms with Crippen LogP contribution in [0.2, 0.25) is 0 Å². The Morgan fingerprint density at radius 2 is 2.05 bits per heavy atom. The molecule has 0 spiro atoms. The minimum absolute atomic E-state index is 0.318. The molecule has 5 heteroatoms. The van der Waals surface area contributed by atoms with E-state index < -0.39 is 0 Å². The molecule has 1 heterocycles. The van der Waals surface area contributed by atoms with Gasteiger partial charge >= 0.3 is 0 Å². The first-order chi connectivity index (χ1) is 10.2. The molecule has 120 valence electrons. The Balaban J connectivity index is 1.97. The first kappa shape index (κ1) is 16.4. The van der Waals surface area contributed by atoms with Crippen molar-refractivity contribution in [3.05, 3.63) is 11.7 Å². The molecule has 0 radical (unpaired) electrons. The highest BCUT2D eigenvalue weighted by molar-refractivity contribution is 5.03. The zero-order chi connectivity index (χ0) is 15.1. The van der Waals surface area contributed by atoms with E-state index in [0.717, 1.165) is 56.8 Å². The molecule has 0 aliphatic heterocycles. The van der Waals surface area contributed by atoms with Crippen molar-refractivity contribution < 1.29 is 9.26 Å². The van der Waals surface area contributed by atoms with Crippen LogP contribution in [0.25, 0.3) is 0 Å². The Morgan fingerprint density at radius 3 is 2.67 bits per heavy atom. The van der Waals surface area contributed by atoms with Gasteiger partial charge in [0, 0.05) is 13.5 Å². The van der Waals surface area contributed by atoms with Gasteiger partial charge in [0.2, 0.25) is 11.7 Å². The van der Waals surface area contributed by atoms with Crippen molar-refractivity contribution in [1.29, 1.82) is 0 Å². The molecule has 1 aliphatic rings. The minimum Gasteiger partial charge on any atom is -0.370 e. The lowest BCUT2D eigenvalue weighted by atomic mass is 9.84. The fourth-order valence-electron chi connectivity index (χ4n) is 3.30. The van der Waals surface area contributed by atoms with E-state index in [2.05, 4.69) is 17.1 Å².